The van der Waals surface area contributed by atoms with E-state index in [1.54, 1.807) is 45.2 Å². The van der Waals surface area contributed by atoms with E-state index >= 15 is 0 Å². The van der Waals surface area contributed by atoms with Gasteiger partial charge in [-0.3, -0.25) is 15.0 Å². The van der Waals surface area contributed by atoms with E-state index in [-0.39, 0.29) is 25.5 Å². The Morgan fingerprint density at radius 1 is 1.20 bits per heavy atom. The second-order valence-electron chi connectivity index (χ2n) is 7.75. The minimum Gasteiger partial charge on any atom is -0.497 e. The number of hydrogen-bond acceptors (Lipinski definition) is 8. The molecule has 0 aliphatic carbocycles. The van der Waals surface area contributed by atoms with Crippen LogP contribution in [-0.2, 0) is 23.7 Å². The Morgan fingerprint density at radius 3 is 2.57 bits per heavy atom. The van der Waals surface area contributed by atoms with E-state index in [0.29, 0.717) is 11.3 Å². The van der Waals surface area contributed by atoms with Crippen molar-refractivity contribution in [3.63, 3.8) is 0 Å². The lowest BCUT2D eigenvalue weighted by Gasteiger charge is -2.34. The molecule has 4 atom stereocenters. The van der Waals surface area contributed by atoms with Crippen LogP contribution < -0.4 is 10.1 Å². The van der Waals surface area contributed by atoms with Gasteiger partial charge in [-0.25, -0.2) is 9.59 Å². The molecule has 3 aliphatic rings. The van der Waals surface area contributed by atoms with Crippen LogP contribution in [0, 0.1) is 0 Å². The Kier molecular flexibility index (Phi) is 5.39. The fourth-order valence-corrected chi connectivity index (χ4v) is 3.83. The average molecular weight is 420 g/mol. The summed E-state index contributed by atoms with van der Waals surface area (Å²) in [7, 11) is 1.54. The summed E-state index contributed by atoms with van der Waals surface area (Å²) in [6, 6.07) is 6.01. The van der Waals surface area contributed by atoms with Gasteiger partial charge in [-0.1, -0.05) is 0 Å². The maximum absolute atomic E-state index is 12.4. The normalized spacial score (nSPS) is 30.0. The standard InChI is InChI=1S/C20H24N2O8/c1-20(2)29-15-13(10-27-18(24)11-4-6-12(26-3)7-5-11)28-17(16(15)30-20)22-9-8-14(23)21-19(22)25/h4-7,13,15-17H,8-10H2,1-3H3,(H,21,23,25)/t13-,15-,16-,17-/m1/s1. The van der Waals surface area contributed by atoms with Crippen molar-refractivity contribution in [2.24, 2.45) is 0 Å². The van der Waals surface area contributed by atoms with Crippen molar-refractivity contribution < 1.29 is 38.1 Å². The van der Waals surface area contributed by atoms with Crippen LogP contribution in [0.4, 0.5) is 4.79 Å². The molecule has 0 saturated carbocycles. The summed E-state index contributed by atoms with van der Waals surface area (Å²) < 4.78 is 28.4. The minimum atomic E-state index is -0.877. The van der Waals surface area contributed by atoms with E-state index in [9.17, 15) is 14.4 Å². The molecular weight excluding hydrogens is 396 g/mol. The zero-order valence-corrected chi connectivity index (χ0v) is 17.0. The molecule has 3 aliphatic heterocycles. The molecule has 3 fully saturated rings. The number of imide groups is 1. The van der Waals surface area contributed by atoms with Gasteiger partial charge in [0.05, 0.1) is 12.7 Å². The van der Waals surface area contributed by atoms with Crippen LogP contribution in [0.1, 0.15) is 30.6 Å². The third-order valence-corrected chi connectivity index (χ3v) is 5.22. The molecule has 3 amide bonds. The molecule has 4 rings (SSSR count). The largest absolute Gasteiger partial charge is 0.497 e. The van der Waals surface area contributed by atoms with Gasteiger partial charge >= 0.3 is 12.0 Å². The highest BCUT2D eigenvalue weighted by atomic mass is 16.8. The molecule has 0 spiro atoms. The van der Waals surface area contributed by atoms with Gasteiger partial charge in [-0.15, -0.1) is 0 Å². The number of rotatable bonds is 5. The molecule has 10 heteroatoms. The van der Waals surface area contributed by atoms with Gasteiger partial charge in [-0.05, 0) is 38.1 Å². The molecule has 30 heavy (non-hydrogen) atoms. The Balaban J connectivity index is 1.44. The number of nitrogens with zero attached hydrogens (tertiary/aromatic N) is 1. The van der Waals surface area contributed by atoms with Gasteiger partial charge in [0.25, 0.3) is 0 Å². The second-order valence-corrected chi connectivity index (χ2v) is 7.75. The molecule has 10 nitrogen and oxygen atoms in total. The Morgan fingerprint density at radius 2 is 1.90 bits per heavy atom. The van der Waals surface area contributed by atoms with E-state index in [0.717, 1.165) is 0 Å². The first kappa shape index (κ1) is 20.6. The zero-order chi connectivity index (χ0) is 21.5. The summed E-state index contributed by atoms with van der Waals surface area (Å²) in [6.45, 7) is 3.67. The number of carbonyl (C=O) groups is 3. The number of urea groups is 1. The number of carbonyl (C=O) groups excluding carboxylic acids is 3. The topological polar surface area (TPSA) is 113 Å². The highest BCUT2D eigenvalue weighted by Gasteiger charge is 2.58. The first-order valence-corrected chi connectivity index (χ1v) is 9.70. The van der Waals surface area contributed by atoms with Crippen molar-refractivity contribution in [3.05, 3.63) is 29.8 Å². The molecule has 3 saturated heterocycles. The monoisotopic (exact) mass is 420 g/mol. The van der Waals surface area contributed by atoms with Crippen molar-refractivity contribution in [3.8, 4) is 5.75 Å². The first-order chi connectivity index (χ1) is 14.3. The average Bonchev–Trinajstić information content (AvgIpc) is 3.19. The Hall–Kier alpha value is -2.69. The first-order valence-electron chi connectivity index (χ1n) is 9.70. The van der Waals surface area contributed by atoms with E-state index < -0.39 is 42.3 Å². The Labute approximate surface area is 173 Å². The summed E-state index contributed by atoms with van der Waals surface area (Å²) >= 11 is 0. The van der Waals surface area contributed by atoms with E-state index in [1.165, 1.54) is 4.90 Å². The zero-order valence-electron chi connectivity index (χ0n) is 17.0. The predicted molar refractivity (Wildman–Crippen MR) is 101 cm³/mol. The molecule has 162 valence electrons. The van der Waals surface area contributed by atoms with Gasteiger partial charge in [-0.2, -0.15) is 0 Å². The third-order valence-electron chi connectivity index (χ3n) is 5.22. The van der Waals surface area contributed by atoms with Gasteiger partial charge in [0, 0.05) is 13.0 Å². The molecule has 0 bridgehead atoms. The summed E-state index contributed by atoms with van der Waals surface area (Å²) in [4.78, 5) is 37.5. The lowest BCUT2D eigenvalue weighted by Crippen LogP contribution is -2.56. The van der Waals surface area contributed by atoms with Gasteiger partial charge < -0.3 is 23.7 Å². The number of nitrogens with one attached hydrogen (secondary N) is 1. The molecular formula is C20H24N2O8. The van der Waals surface area contributed by atoms with Crippen LogP contribution >= 0.6 is 0 Å². The molecule has 1 aromatic carbocycles. The van der Waals surface area contributed by atoms with E-state index in [4.69, 9.17) is 23.7 Å². The molecule has 1 N–H and O–H groups in total. The summed E-state index contributed by atoms with van der Waals surface area (Å²) in [5, 5.41) is 2.28. The van der Waals surface area contributed by atoms with Gasteiger partial charge in [0.15, 0.2) is 12.0 Å². The molecule has 3 heterocycles. The quantitative estimate of drug-likeness (QED) is 0.703. The maximum atomic E-state index is 12.4. The Bertz CT molecular complexity index is 840. The van der Waals surface area contributed by atoms with Crippen LogP contribution in [0.3, 0.4) is 0 Å². The van der Waals surface area contributed by atoms with Crippen molar-refractivity contribution in [2.75, 3.05) is 20.3 Å². The van der Waals surface area contributed by atoms with Crippen molar-refractivity contribution in [1.29, 1.82) is 0 Å². The number of hydrogen-bond donors (Lipinski definition) is 1. The smallest absolute Gasteiger partial charge is 0.338 e. The molecule has 1 aromatic rings. The predicted octanol–water partition coefficient (Wildman–Crippen LogP) is 1.04. The summed E-state index contributed by atoms with van der Waals surface area (Å²) in [6.07, 6.45) is -2.31. The SMILES string of the molecule is COc1ccc(C(=O)OC[C@H]2O[C@@H](N3CCC(=O)NC3=O)[C@@H]3OC(C)(C)O[C@@H]32)cc1. The van der Waals surface area contributed by atoms with Crippen LogP contribution in [-0.4, -0.2) is 73.4 Å². The second kappa shape index (κ2) is 7.86. The number of esters is 1. The summed E-state index contributed by atoms with van der Waals surface area (Å²) in [5.41, 5.74) is 0.375. The minimum absolute atomic E-state index is 0.0731. The van der Waals surface area contributed by atoms with E-state index in [2.05, 4.69) is 5.32 Å². The number of fused-ring (bicyclic) bond motifs is 1. The highest BCUT2D eigenvalue weighted by Crippen LogP contribution is 2.40. The highest BCUT2D eigenvalue weighted by molar-refractivity contribution is 5.96. The van der Waals surface area contributed by atoms with Crippen molar-refractivity contribution >= 4 is 17.9 Å². The number of amides is 3. The molecule has 0 aromatic heterocycles. The van der Waals surface area contributed by atoms with Crippen LogP contribution in [0.15, 0.2) is 24.3 Å². The van der Waals surface area contributed by atoms with Gasteiger partial charge in [0.2, 0.25) is 5.91 Å². The maximum Gasteiger partial charge on any atom is 0.338 e. The van der Waals surface area contributed by atoms with Crippen molar-refractivity contribution in [2.45, 2.75) is 50.6 Å². The summed E-state index contributed by atoms with van der Waals surface area (Å²) in [5.74, 6) is -1.09. The number of benzene rings is 1. The lowest BCUT2D eigenvalue weighted by atomic mass is 10.1. The van der Waals surface area contributed by atoms with Crippen LogP contribution in [0.2, 0.25) is 0 Å². The third kappa shape index (κ3) is 3.98. The number of methoxy groups -OCH3 is 1. The van der Waals surface area contributed by atoms with Gasteiger partial charge in [0.1, 0.15) is 30.7 Å². The fraction of sp³-hybridized carbons (Fsp3) is 0.550. The van der Waals surface area contributed by atoms with Crippen molar-refractivity contribution in [1.82, 2.24) is 10.2 Å². The number of ether oxygens (including phenoxy) is 5. The molecule has 0 radical (unpaired) electrons. The van der Waals surface area contributed by atoms with Crippen LogP contribution in [0.25, 0.3) is 0 Å². The lowest BCUT2D eigenvalue weighted by molar-refractivity contribution is -0.205. The molecule has 0 unspecified atom stereocenters. The fourth-order valence-electron chi connectivity index (χ4n) is 3.83. The van der Waals surface area contributed by atoms with E-state index in [1.807, 2.05) is 0 Å². The van der Waals surface area contributed by atoms with Crippen LogP contribution in [0.5, 0.6) is 5.75 Å².